The molecule has 2 nitrogen and oxygen atoms in total. The molecule has 0 aliphatic carbocycles. The Morgan fingerprint density at radius 3 is 1.88 bits per heavy atom. The fraction of sp³-hybridized carbons (Fsp3) is 1.00. The zero-order chi connectivity index (χ0) is 11.9. The third-order valence-electron chi connectivity index (χ3n) is 5.32. The van der Waals surface area contributed by atoms with Crippen LogP contribution in [0.1, 0.15) is 47.5 Å². The van der Waals surface area contributed by atoms with Gasteiger partial charge >= 0.3 is 0 Å². The highest BCUT2D eigenvalue weighted by Crippen LogP contribution is 2.40. The Kier molecular flexibility index (Phi) is 3.33. The minimum atomic E-state index is 0.731. The van der Waals surface area contributed by atoms with Crippen molar-refractivity contribution in [2.45, 2.75) is 71.6 Å². The van der Waals surface area contributed by atoms with Gasteiger partial charge in [-0.05, 0) is 34.6 Å². The maximum Gasteiger partial charge on any atom is 0.103 e. The van der Waals surface area contributed by atoms with Crippen LogP contribution in [-0.4, -0.2) is 53.2 Å². The number of piperazine rings is 1. The van der Waals surface area contributed by atoms with Crippen molar-refractivity contribution in [3.8, 4) is 0 Å². The molecular weight excluding hydrogens is 196 g/mol. The summed E-state index contributed by atoms with van der Waals surface area (Å²) < 4.78 is 1.41. The highest BCUT2D eigenvalue weighted by molar-refractivity contribution is 4.89. The van der Waals surface area contributed by atoms with Crippen LogP contribution in [0.4, 0.5) is 0 Å². The summed E-state index contributed by atoms with van der Waals surface area (Å²) in [5, 5.41) is 0. The Balaban J connectivity index is 2.21. The average molecular weight is 225 g/mol. The predicted molar refractivity (Wildman–Crippen MR) is 69.5 cm³/mol. The molecule has 0 radical (unpaired) electrons. The highest BCUT2D eigenvalue weighted by atomic mass is 15.5. The topological polar surface area (TPSA) is 3.24 Å². The predicted octanol–water partition coefficient (Wildman–Crippen LogP) is 2.49. The number of hydrogen-bond donors (Lipinski definition) is 0. The first kappa shape index (κ1) is 12.4. The molecule has 16 heavy (non-hydrogen) atoms. The number of likely N-dealkylation sites (tertiary alicyclic amines) is 1. The van der Waals surface area contributed by atoms with Crippen molar-refractivity contribution >= 4 is 0 Å². The second kappa shape index (κ2) is 4.30. The lowest BCUT2D eigenvalue weighted by molar-refractivity contribution is -0.982. The summed E-state index contributed by atoms with van der Waals surface area (Å²) >= 11 is 0. The summed E-state index contributed by atoms with van der Waals surface area (Å²) in [7, 11) is 0. The van der Waals surface area contributed by atoms with Crippen LogP contribution < -0.4 is 0 Å². The average Bonchev–Trinajstić information content (AvgIpc) is 2.44. The van der Waals surface area contributed by atoms with Gasteiger partial charge in [-0.1, -0.05) is 0 Å². The smallest absolute Gasteiger partial charge is 0.103 e. The SMILES string of the molecule is CC[N+]1(C(C)C)[C@@H]2CC[C@H]1CN(C(C)C)C2. The minimum absolute atomic E-state index is 0.731. The molecule has 2 bridgehead atoms. The zero-order valence-corrected chi connectivity index (χ0v) is 11.7. The van der Waals surface area contributed by atoms with Crippen LogP contribution in [0.3, 0.4) is 0 Å². The summed E-state index contributed by atoms with van der Waals surface area (Å²) in [6, 6.07) is 3.35. The van der Waals surface area contributed by atoms with E-state index in [9.17, 15) is 0 Å². The van der Waals surface area contributed by atoms with Gasteiger partial charge in [0.2, 0.25) is 0 Å². The maximum absolute atomic E-state index is 2.71. The normalized spacial score (nSPS) is 39.9. The number of likely N-dealkylation sites (N-methyl/N-ethyl adjacent to an activating group) is 1. The van der Waals surface area contributed by atoms with Crippen molar-refractivity contribution in [3.63, 3.8) is 0 Å². The molecule has 2 rings (SSSR count). The van der Waals surface area contributed by atoms with Gasteiger partial charge in [0.15, 0.2) is 0 Å². The summed E-state index contributed by atoms with van der Waals surface area (Å²) in [4.78, 5) is 2.71. The monoisotopic (exact) mass is 225 g/mol. The maximum atomic E-state index is 2.71. The largest absolute Gasteiger partial charge is 0.315 e. The van der Waals surface area contributed by atoms with Crippen LogP contribution in [0.2, 0.25) is 0 Å². The van der Waals surface area contributed by atoms with E-state index in [1.807, 2.05) is 0 Å². The lowest BCUT2D eigenvalue weighted by Gasteiger charge is -2.53. The van der Waals surface area contributed by atoms with E-state index in [0.29, 0.717) is 0 Å². The van der Waals surface area contributed by atoms with Crippen molar-refractivity contribution < 1.29 is 4.48 Å². The van der Waals surface area contributed by atoms with Gasteiger partial charge in [-0.2, -0.15) is 0 Å². The molecule has 2 saturated heterocycles. The quantitative estimate of drug-likeness (QED) is 0.667. The van der Waals surface area contributed by atoms with Crippen molar-refractivity contribution in [2.75, 3.05) is 19.6 Å². The van der Waals surface area contributed by atoms with Crippen LogP contribution in [0.25, 0.3) is 0 Å². The van der Waals surface area contributed by atoms with E-state index in [1.54, 1.807) is 0 Å². The second-order valence-corrected chi connectivity index (χ2v) is 6.34. The molecular formula is C14H29N2+. The van der Waals surface area contributed by atoms with Gasteiger partial charge in [0, 0.05) is 18.9 Å². The van der Waals surface area contributed by atoms with Gasteiger partial charge in [0.1, 0.15) is 12.1 Å². The second-order valence-electron chi connectivity index (χ2n) is 6.34. The third kappa shape index (κ3) is 1.62. The Labute approximate surface area is 101 Å². The van der Waals surface area contributed by atoms with Crippen molar-refractivity contribution in [2.24, 2.45) is 0 Å². The molecule has 94 valence electrons. The zero-order valence-electron chi connectivity index (χ0n) is 11.7. The van der Waals surface area contributed by atoms with Crippen LogP contribution >= 0.6 is 0 Å². The van der Waals surface area contributed by atoms with Gasteiger partial charge in [-0.15, -0.1) is 0 Å². The van der Waals surface area contributed by atoms with Crippen LogP contribution in [0.15, 0.2) is 0 Å². The van der Waals surface area contributed by atoms with Crippen LogP contribution in [0, 0.1) is 0 Å². The summed E-state index contributed by atoms with van der Waals surface area (Å²) in [5.74, 6) is 0. The molecule has 0 spiro atoms. The summed E-state index contributed by atoms with van der Waals surface area (Å²) in [6.45, 7) is 16.0. The molecule has 0 saturated carbocycles. The number of quaternary nitrogens is 1. The fourth-order valence-electron chi connectivity index (χ4n) is 4.41. The first-order valence-electron chi connectivity index (χ1n) is 7.13. The minimum Gasteiger partial charge on any atom is -0.315 e. The van der Waals surface area contributed by atoms with E-state index in [1.165, 1.54) is 37.0 Å². The molecule has 2 aliphatic heterocycles. The van der Waals surface area contributed by atoms with Gasteiger partial charge in [0.05, 0.1) is 25.7 Å². The molecule has 0 aromatic rings. The standard InChI is InChI=1S/C14H29N2/c1-6-16(12(4)5)13-7-8-14(16)10-15(9-13)11(2)3/h11-14H,6-10H2,1-5H3/q+1/t13-,14+,16?. The van der Waals surface area contributed by atoms with Crippen LogP contribution in [-0.2, 0) is 0 Å². The lowest BCUT2D eigenvalue weighted by Crippen LogP contribution is -2.69. The molecule has 2 heteroatoms. The van der Waals surface area contributed by atoms with Gasteiger partial charge < -0.3 is 4.48 Å². The van der Waals surface area contributed by atoms with E-state index >= 15 is 0 Å². The van der Waals surface area contributed by atoms with Gasteiger partial charge in [-0.25, -0.2) is 0 Å². The van der Waals surface area contributed by atoms with E-state index in [0.717, 1.165) is 24.2 Å². The molecule has 3 atom stereocenters. The molecule has 0 aromatic heterocycles. The highest BCUT2D eigenvalue weighted by Gasteiger charge is 2.54. The number of fused-ring (bicyclic) bond motifs is 2. The van der Waals surface area contributed by atoms with Crippen molar-refractivity contribution in [1.82, 2.24) is 4.90 Å². The lowest BCUT2D eigenvalue weighted by atomic mass is 10.0. The molecule has 2 heterocycles. The first-order chi connectivity index (χ1) is 7.52. The molecule has 0 N–H and O–H groups in total. The molecule has 0 amide bonds. The third-order valence-corrected chi connectivity index (χ3v) is 5.32. The number of rotatable bonds is 3. The van der Waals surface area contributed by atoms with E-state index in [-0.39, 0.29) is 0 Å². The Morgan fingerprint density at radius 2 is 1.56 bits per heavy atom. The van der Waals surface area contributed by atoms with Gasteiger partial charge in [0.25, 0.3) is 0 Å². The van der Waals surface area contributed by atoms with Gasteiger partial charge in [-0.3, -0.25) is 4.90 Å². The number of nitrogens with zero attached hydrogens (tertiary/aromatic N) is 2. The van der Waals surface area contributed by atoms with E-state index in [4.69, 9.17) is 0 Å². The molecule has 0 aromatic carbocycles. The summed E-state index contributed by atoms with van der Waals surface area (Å²) in [5.41, 5.74) is 0. The molecule has 2 fully saturated rings. The summed E-state index contributed by atoms with van der Waals surface area (Å²) in [6.07, 6.45) is 2.92. The first-order valence-corrected chi connectivity index (χ1v) is 7.13. The fourth-order valence-corrected chi connectivity index (χ4v) is 4.41. The molecule has 2 aliphatic rings. The van der Waals surface area contributed by atoms with Crippen LogP contribution in [0.5, 0.6) is 0 Å². The molecule has 1 unspecified atom stereocenters. The Morgan fingerprint density at radius 1 is 1.06 bits per heavy atom. The number of hydrogen-bond acceptors (Lipinski definition) is 1. The van der Waals surface area contributed by atoms with Crippen molar-refractivity contribution in [3.05, 3.63) is 0 Å². The van der Waals surface area contributed by atoms with Crippen molar-refractivity contribution in [1.29, 1.82) is 0 Å². The van der Waals surface area contributed by atoms with E-state index in [2.05, 4.69) is 39.5 Å². The van der Waals surface area contributed by atoms with E-state index < -0.39 is 0 Å². The Hall–Kier alpha value is -0.0800. The Bertz CT molecular complexity index is 233.